The number of rotatable bonds is 6. The molecular weight excluding hydrogens is 290 g/mol. The Morgan fingerprint density at radius 1 is 1.09 bits per heavy atom. The summed E-state index contributed by atoms with van der Waals surface area (Å²) in [4.78, 5) is 12.3. The Morgan fingerprint density at radius 3 is 2.23 bits per heavy atom. The van der Waals surface area contributed by atoms with Crippen LogP contribution in [0, 0.1) is 0 Å². The highest BCUT2D eigenvalue weighted by atomic mass is 32.1. The van der Waals surface area contributed by atoms with Crippen LogP contribution >= 0.6 is 11.3 Å². The van der Waals surface area contributed by atoms with Gasteiger partial charge >= 0.3 is 0 Å². The quantitative estimate of drug-likeness (QED) is 0.742. The van der Waals surface area contributed by atoms with Gasteiger partial charge in [-0.25, -0.2) is 0 Å². The fourth-order valence-electron chi connectivity index (χ4n) is 2.59. The summed E-state index contributed by atoms with van der Waals surface area (Å²) < 4.78 is 0. The molecule has 0 bridgehead atoms. The Morgan fingerprint density at radius 2 is 1.73 bits per heavy atom. The number of benzene rings is 1. The van der Waals surface area contributed by atoms with Crippen LogP contribution in [0.3, 0.4) is 0 Å². The second-order valence-corrected chi connectivity index (χ2v) is 7.08. The first-order valence-electron chi connectivity index (χ1n) is 7.92. The minimum absolute atomic E-state index is 0.0983. The van der Waals surface area contributed by atoms with Gasteiger partial charge in [-0.1, -0.05) is 45.9 Å². The summed E-state index contributed by atoms with van der Waals surface area (Å²) in [5.41, 5.74) is 4.69. The van der Waals surface area contributed by atoms with Crippen molar-refractivity contribution in [1.29, 1.82) is 0 Å². The van der Waals surface area contributed by atoms with Crippen molar-refractivity contribution in [2.75, 3.05) is 5.32 Å². The molecule has 3 heteroatoms. The second-order valence-electron chi connectivity index (χ2n) is 6.30. The molecule has 0 saturated heterocycles. The number of thiophene rings is 1. The molecule has 0 spiro atoms. The summed E-state index contributed by atoms with van der Waals surface area (Å²) in [6.07, 6.45) is 1.33. The van der Waals surface area contributed by atoms with Crippen LogP contribution in [0.2, 0.25) is 0 Å². The van der Waals surface area contributed by atoms with E-state index < -0.39 is 0 Å². The van der Waals surface area contributed by atoms with E-state index in [1.807, 2.05) is 0 Å². The molecular formula is C19H25NOS. The zero-order valence-electron chi connectivity index (χ0n) is 13.8. The normalized spacial score (nSPS) is 11.2. The number of anilines is 1. The predicted molar refractivity (Wildman–Crippen MR) is 95.9 cm³/mol. The Hall–Kier alpha value is -1.61. The van der Waals surface area contributed by atoms with Gasteiger partial charge in [0.1, 0.15) is 0 Å². The number of para-hydroxylation sites is 1. The summed E-state index contributed by atoms with van der Waals surface area (Å²) in [5.74, 6) is 0.887. The highest BCUT2D eigenvalue weighted by Gasteiger charge is 2.15. The molecule has 0 fully saturated rings. The molecule has 1 amide bonds. The van der Waals surface area contributed by atoms with Gasteiger partial charge < -0.3 is 5.32 Å². The van der Waals surface area contributed by atoms with Gasteiger partial charge in [0.15, 0.2) is 0 Å². The summed E-state index contributed by atoms with van der Waals surface area (Å²) in [6, 6.07) is 8.40. The molecule has 0 aliphatic heterocycles. The van der Waals surface area contributed by atoms with Gasteiger partial charge in [-0.2, -0.15) is 11.3 Å². The van der Waals surface area contributed by atoms with E-state index >= 15 is 0 Å². The third-order valence-corrected chi connectivity index (χ3v) is 4.59. The molecule has 0 atom stereocenters. The molecule has 22 heavy (non-hydrogen) atoms. The largest absolute Gasteiger partial charge is 0.326 e. The number of aryl methyl sites for hydroxylation is 1. The maximum absolute atomic E-state index is 12.3. The molecule has 0 saturated carbocycles. The average Bonchev–Trinajstić information content (AvgIpc) is 2.98. The SMILES string of the molecule is CC(C)c1cccc(C(C)C)c1NC(=O)CCc1ccsc1. The highest BCUT2D eigenvalue weighted by Crippen LogP contribution is 2.32. The number of hydrogen-bond donors (Lipinski definition) is 1. The fourth-order valence-corrected chi connectivity index (χ4v) is 3.29. The number of hydrogen-bond acceptors (Lipinski definition) is 2. The van der Waals surface area contributed by atoms with Crippen molar-refractivity contribution in [2.24, 2.45) is 0 Å². The van der Waals surface area contributed by atoms with Crippen LogP contribution < -0.4 is 5.32 Å². The number of amides is 1. The van der Waals surface area contributed by atoms with Gasteiger partial charge in [-0.3, -0.25) is 4.79 Å². The lowest BCUT2D eigenvalue weighted by Gasteiger charge is -2.20. The third kappa shape index (κ3) is 4.20. The first-order chi connectivity index (χ1) is 10.5. The third-order valence-electron chi connectivity index (χ3n) is 3.86. The van der Waals surface area contributed by atoms with Crippen molar-refractivity contribution < 1.29 is 4.79 Å². The van der Waals surface area contributed by atoms with Gasteiger partial charge in [0.25, 0.3) is 0 Å². The summed E-state index contributed by atoms with van der Waals surface area (Å²) in [6.45, 7) is 8.67. The van der Waals surface area contributed by atoms with E-state index in [-0.39, 0.29) is 5.91 Å². The van der Waals surface area contributed by atoms with Gasteiger partial charge in [0.2, 0.25) is 5.91 Å². The van der Waals surface area contributed by atoms with Gasteiger partial charge in [0, 0.05) is 12.1 Å². The maximum atomic E-state index is 12.3. The second kappa shape index (κ2) is 7.59. The Kier molecular flexibility index (Phi) is 5.78. The molecule has 2 aromatic rings. The van der Waals surface area contributed by atoms with Crippen LogP contribution in [0.4, 0.5) is 5.69 Å². The van der Waals surface area contributed by atoms with Crippen LogP contribution in [0.15, 0.2) is 35.0 Å². The first kappa shape index (κ1) is 16.8. The Labute approximate surface area is 137 Å². The van der Waals surface area contributed by atoms with E-state index in [2.05, 4.69) is 68.0 Å². The lowest BCUT2D eigenvalue weighted by atomic mass is 9.92. The topological polar surface area (TPSA) is 29.1 Å². The Balaban J connectivity index is 2.14. The van der Waals surface area contributed by atoms with E-state index in [0.29, 0.717) is 18.3 Å². The molecule has 1 heterocycles. The number of carbonyl (C=O) groups is 1. The van der Waals surface area contributed by atoms with Crippen molar-refractivity contribution in [1.82, 2.24) is 0 Å². The number of carbonyl (C=O) groups excluding carboxylic acids is 1. The van der Waals surface area contributed by atoms with Crippen LogP contribution in [-0.4, -0.2) is 5.91 Å². The van der Waals surface area contributed by atoms with E-state index in [1.54, 1.807) is 11.3 Å². The van der Waals surface area contributed by atoms with Gasteiger partial charge in [-0.05, 0) is 51.8 Å². The van der Waals surface area contributed by atoms with Crippen LogP contribution in [0.5, 0.6) is 0 Å². The highest BCUT2D eigenvalue weighted by molar-refractivity contribution is 7.07. The smallest absolute Gasteiger partial charge is 0.224 e. The minimum atomic E-state index is 0.0983. The standard InChI is InChI=1S/C19H25NOS/c1-13(2)16-6-5-7-17(14(3)4)19(16)20-18(21)9-8-15-10-11-22-12-15/h5-7,10-14H,8-9H2,1-4H3,(H,20,21). The van der Waals surface area contributed by atoms with Crippen molar-refractivity contribution in [3.8, 4) is 0 Å². The average molecular weight is 315 g/mol. The van der Waals surface area contributed by atoms with Gasteiger partial charge in [-0.15, -0.1) is 0 Å². The van der Waals surface area contributed by atoms with E-state index in [1.165, 1.54) is 16.7 Å². The molecule has 0 unspecified atom stereocenters. The monoisotopic (exact) mass is 315 g/mol. The molecule has 1 aromatic carbocycles. The minimum Gasteiger partial charge on any atom is -0.326 e. The van der Waals surface area contributed by atoms with Crippen LogP contribution in [-0.2, 0) is 11.2 Å². The van der Waals surface area contributed by atoms with Crippen molar-refractivity contribution in [3.63, 3.8) is 0 Å². The van der Waals surface area contributed by atoms with Crippen molar-refractivity contribution in [2.45, 2.75) is 52.4 Å². The predicted octanol–water partition coefficient (Wildman–Crippen LogP) is 5.57. The van der Waals surface area contributed by atoms with Crippen LogP contribution in [0.1, 0.15) is 62.6 Å². The zero-order chi connectivity index (χ0) is 16.1. The molecule has 2 rings (SSSR count). The van der Waals surface area contributed by atoms with Crippen molar-refractivity contribution >= 4 is 22.9 Å². The molecule has 2 nitrogen and oxygen atoms in total. The summed E-state index contributed by atoms with van der Waals surface area (Å²) in [7, 11) is 0. The summed E-state index contributed by atoms with van der Waals surface area (Å²) >= 11 is 1.68. The molecule has 0 radical (unpaired) electrons. The van der Waals surface area contributed by atoms with E-state index in [0.717, 1.165) is 12.1 Å². The molecule has 0 aliphatic rings. The first-order valence-corrected chi connectivity index (χ1v) is 8.87. The molecule has 0 aliphatic carbocycles. The molecule has 1 aromatic heterocycles. The lowest BCUT2D eigenvalue weighted by Crippen LogP contribution is -2.16. The van der Waals surface area contributed by atoms with E-state index in [9.17, 15) is 4.79 Å². The van der Waals surface area contributed by atoms with Crippen molar-refractivity contribution in [3.05, 3.63) is 51.7 Å². The van der Waals surface area contributed by atoms with Crippen LogP contribution in [0.25, 0.3) is 0 Å². The zero-order valence-corrected chi connectivity index (χ0v) is 14.7. The lowest BCUT2D eigenvalue weighted by molar-refractivity contribution is -0.116. The molecule has 1 N–H and O–H groups in total. The molecule has 118 valence electrons. The van der Waals surface area contributed by atoms with Gasteiger partial charge in [0.05, 0.1) is 0 Å². The summed E-state index contributed by atoms with van der Waals surface area (Å²) in [5, 5.41) is 7.33. The Bertz CT molecular complexity index is 588. The fraction of sp³-hybridized carbons (Fsp3) is 0.421. The number of nitrogens with one attached hydrogen (secondary N) is 1. The maximum Gasteiger partial charge on any atom is 0.224 e. The van der Waals surface area contributed by atoms with E-state index in [4.69, 9.17) is 0 Å².